The molecule has 0 N–H and O–H groups in total. The van der Waals surface area contributed by atoms with Crippen molar-refractivity contribution < 1.29 is 13.2 Å². The van der Waals surface area contributed by atoms with Gasteiger partial charge < -0.3 is 9.64 Å². The molecule has 6 nitrogen and oxygen atoms in total. The molecule has 1 aliphatic heterocycles. The number of ether oxygens (including phenoxy) is 1. The maximum Gasteiger partial charge on any atom is 0.281 e. The van der Waals surface area contributed by atoms with Gasteiger partial charge in [-0.2, -0.15) is 17.0 Å². The van der Waals surface area contributed by atoms with Crippen LogP contribution in [0.4, 0.5) is 5.69 Å². The molecule has 0 atom stereocenters. The normalized spacial score (nSPS) is 17.5. The average Bonchev–Trinajstić information content (AvgIpc) is 2.47. The Balaban J connectivity index is 2.00. The lowest BCUT2D eigenvalue weighted by atomic mass is 10.2. The van der Waals surface area contributed by atoms with Crippen molar-refractivity contribution in [2.24, 2.45) is 0 Å². The third-order valence-corrected chi connectivity index (χ3v) is 5.34. The van der Waals surface area contributed by atoms with Crippen molar-refractivity contribution in [2.75, 3.05) is 45.2 Å². The molecule has 111 valence electrons. The lowest BCUT2D eigenvalue weighted by molar-refractivity contribution is 0.355. The van der Waals surface area contributed by atoms with Gasteiger partial charge in [-0.05, 0) is 24.3 Å². The Hall–Kier alpha value is -1.31. The van der Waals surface area contributed by atoms with Crippen molar-refractivity contribution in [1.82, 2.24) is 8.61 Å². The molecule has 0 amide bonds. The molecule has 0 bridgehead atoms. The summed E-state index contributed by atoms with van der Waals surface area (Å²) in [6.45, 7) is 2.34. The Labute approximate surface area is 120 Å². The Morgan fingerprint density at radius 3 is 2.10 bits per heavy atom. The first-order chi connectivity index (χ1) is 9.45. The summed E-state index contributed by atoms with van der Waals surface area (Å²) in [6.07, 6.45) is 0. The Morgan fingerprint density at radius 2 is 1.65 bits per heavy atom. The largest absolute Gasteiger partial charge is 0.490 e. The number of hydrogen-bond acceptors (Lipinski definition) is 4. The van der Waals surface area contributed by atoms with E-state index in [1.165, 1.54) is 8.61 Å². The molecule has 1 heterocycles. The van der Waals surface area contributed by atoms with Gasteiger partial charge in [-0.25, -0.2) is 0 Å². The Bertz CT molecular complexity index is 534. The standard InChI is InChI=1S/C13H20N3O3S/c1-14(2)20(17,18)16-10-8-15(9-11-16)12-4-6-13(19-3)7-5-12/h4-7H,3,8-11H2,1-2H3. The third-order valence-electron chi connectivity index (χ3n) is 3.39. The highest BCUT2D eigenvalue weighted by Gasteiger charge is 2.28. The van der Waals surface area contributed by atoms with Gasteiger partial charge in [0.2, 0.25) is 0 Å². The maximum absolute atomic E-state index is 12.0. The van der Waals surface area contributed by atoms with Gasteiger partial charge in [0, 0.05) is 46.0 Å². The molecule has 0 aromatic heterocycles. The van der Waals surface area contributed by atoms with Crippen LogP contribution in [0.15, 0.2) is 24.3 Å². The van der Waals surface area contributed by atoms with Crippen molar-refractivity contribution in [2.45, 2.75) is 0 Å². The number of benzene rings is 1. The number of rotatable bonds is 4. The number of anilines is 1. The number of hydrogen-bond donors (Lipinski definition) is 0. The van der Waals surface area contributed by atoms with Crippen molar-refractivity contribution >= 4 is 15.9 Å². The van der Waals surface area contributed by atoms with Gasteiger partial charge in [0.05, 0.1) is 0 Å². The second-order valence-corrected chi connectivity index (χ2v) is 6.96. The lowest BCUT2D eigenvalue weighted by Gasteiger charge is -2.36. The highest BCUT2D eigenvalue weighted by atomic mass is 32.2. The van der Waals surface area contributed by atoms with Gasteiger partial charge >= 0.3 is 0 Å². The van der Waals surface area contributed by atoms with Crippen LogP contribution < -0.4 is 9.64 Å². The van der Waals surface area contributed by atoms with E-state index in [4.69, 9.17) is 4.74 Å². The summed E-state index contributed by atoms with van der Waals surface area (Å²) in [7, 11) is 3.16. The molecule has 1 saturated heterocycles. The SMILES string of the molecule is [CH2]Oc1ccc(N2CCN(S(=O)(=O)N(C)C)CC2)cc1. The van der Waals surface area contributed by atoms with Crippen LogP contribution in [0.5, 0.6) is 5.75 Å². The Morgan fingerprint density at radius 1 is 1.10 bits per heavy atom. The fourth-order valence-electron chi connectivity index (χ4n) is 2.16. The van der Waals surface area contributed by atoms with Crippen LogP contribution in [0, 0.1) is 7.11 Å². The van der Waals surface area contributed by atoms with E-state index in [-0.39, 0.29) is 0 Å². The summed E-state index contributed by atoms with van der Waals surface area (Å²) in [5.74, 6) is 0.711. The summed E-state index contributed by atoms with van der Waals surface area (Å²) < 4.78 is 31.7. The number of piperazine rings is 1. The topological polar surface area (TPSA) is 53.1 Å². The minimum Gasteiger partial charge on any atom is -0.490 e. The molecule has 0 saturated carbocycles. The zero-order valence-electron chi connectivity index (χ0n) is 11.8. The smallest absolute Gasteiger partial charge is 0.281 e. The molecule has 0 spiro atoms. The zero-order chi connectivity index (χ0) is 14.8. The molecule has 1 aromatic rings. The van der Waals surface area contributed by atoms with E-state index in [1.54, 1.807) is 14.1 Å². The summed E-state index contributed by atoms with van der Waals surface area (Å²) in [4.78, 5) is 2.16. The molecule has 0 unspecified atom stereocenters. The van der Waals surface area contributed by atoms with E-state index < -0.39 is 10.2 Å². The summed E-state index contributed by atoms with van der Waals surface area (Å²) >= 11 is 0. The highest BCUT2D eigenvalue weighted by Crippen LogP contribution is 2.21. The molecule has 2 rings (SSSR count). The van der Waals surface area contributed by atoms with Crippen LogP contribution in [0.2, 0.25) is 0 Å². The highest BCUT2D eigenvalue weighted by molar-refractivity contribution is 7.86. The number of nitrogens with zero attached hydrogens (tertiary/aromatic N) is 3. The predicted octanol–water partition coefficient (Wildman–Crippen LogP) is 0.785. The van der Waals surface area contributed by atoms with Crippen LogP contribution >= 0.6 is 0 Å². The van der Waals surface area contributed by atoms with E-state index in [0.717, 1.165) is 5.69 Å². The van der Waals surface area contributed by atoms with E-state index in [1.807, 2.05) is 24.3 Å². The van der Waals surface area contributed by atoms with Crippen LogP contribution in [-0.4, -0.2) is 57.3 Å². The molecule has 0 aliphatic carbocycles. The summed E-state index contributed by atoms with van der Waals surface area (Å²) in [6, 6.07) is 7.61. The minimum atomic E-state index is -3.30. The van der Waals surface area contributed by atoms with E-state index in [2.05, 4.69) is 12.0 Å². The van der Waals surface area contributed by atoms with Crippen molar-refractivity contribution in [3.8, 4) is 5.75 Å². The molecule has 1 fully saturated rings. The summed E-state index contributed by atoms with van der Waals surface area (Å²) in [5.41, 5.74) is 1.06. The predicted molar refractivity (Wildman–Crippen MR) is 78.8 cm³/mol. The fraction of sp³-hybridized carbons (Fsp3) is 0.462. The molecule has 1 aromatic carbocycles. The van der Waals surface area contributed by atoms with Crippen LogP contribution in [-0.2, 0) is 10.2 Å². The van der Waals surface area contributed by atoms with Crippen molar-refractivity contribution in [3.05, 3.63) is 31.4 Å². The average molecular weight is 298 g/mol. The summed E-state index contributed by atoms with van der Waals surface area (Å²) in [5, 5.41) is 0. The van der Waals surface area contributed by atoms with E-state index in [0.29, 0.717) is 31.9 Å². The molecular formula is C13H20N3O3S. The molecule has 1 radical (unpaired) electrons. The second kappa shape index (κ2) is 5.99. The van der Waals surface area contributed by atoms with Crippen molar-refractivity contribution in [1.29, 1.82) is 0 Å². The fourth-order valence-corrected chi connectivity index (χ4v) is 3.25. The zero-order valence-corrected chi connectivity index (χ0v) is 12.6. The maximum atomic E-state index is 12.0. The van der Waals surface area contributed by atoms with Gasteiger partial charge in [-0.1, -0.05) is 0 Å². The molecular weight excluding hydrogens is 278 g/mol. The first kappa shape index (κ1) is 15.1. The van der Waals surface area contributed by atoms with Gasteiger partial charge in [0.15, 0.2) is 0 Å². The molecule has 20 heavy (non-hydrogen) atoms. The second-order valence-electron chi connectivity index (χ2n) is 4.81. The van der Waals surface area contributed by atoms with Crippen molar-refractivity contribution in [3.63, 3.8) is 0 Å². The first-order valence-electron chi connectivity index (χ1n) is 6.40. The van der Waals surface area contributed by atoms with Crippen LogP contribution in [0.3, 0.4) is 0 Å². The van der Waals surface area contributed by atoms with Crippen LogP contribution in [0.1, 0.15) is 0 Å². The van der Waals surface area contributed by atoms with Crippen LogP contribution in [0.25, 0.3) is 0 Å². The van der Waals surface area contributed by atoms with E-state index >= 15 is 0 Å². The quantitative estimate of drug-likeness (QED) is 0.824. The molecule has 7 heteroatoms. The minimum absolute atomic E-state index is 0.494. The van der Waals surface area contributed by atoms with Gasteiger partial charge in [0.25, 0.3) is 10.2 Å². The first-order valence-corrected chi connectivity index (χ1v) is 7.79. The Kier molecular flexibility index (Phi) is 4.52. The monoisotopic (exact) mass is 298 g/mol. The van der Waals surface area contributed by atoms with Gasteiger partial charge in [0.1, 0.15) is 12.9 Å². The molecule has 1 aliphatic rings. The third kappa shape index (κ3) is 3.05. The van der Waals surface area contributed by atoms with Gasteiger partial charge in [-0.15, -0.1) is 0 Å². The van der Waals surface area contributed by atoms with Gasteiger partial charge in [-0.3, -0.25) is 0 Å². The lowest BCUT2D eigenvalue weighted by Crippen LogP contribution is -2.51. The van der Waals surface area contributed by atoms with E-state index in [9.17, 15) is 8.42 Å².